The molecule has 0 N–H and O–H groups in total. The van der Waals surface area contributed by atoms with Crippen molar-refractivity contribution in [2.75, 3.05) is 0 Å². The van der Waals surface area contributed by atoms with Crippen LogP contribution < -0.4 is 5.22 Å². The first-order chi connectivity index (χ1) is 12.9. The molecule has 5 aromatic rings. The van der Waals surface area contributed by atoms with Crippen LogP contribution in [0.15, 0.2) is 66.7 Å². The van der Waals surface area contributed by atoms with Crippen molar-refractivity contribution in [2.24, 2.45) is 0 Å². The van der Waals surface area contributed by atoms with Crippen LogP contribution in [-0.2, 0) is 4.79 Å². The van der Waals surface area contributed by atoms with Gasteiger partial charge in [0.15, 0.2) is 0 Å². The molecule has 6 rings (SSSR count). The normalized spacial score (nSPS) is 13.5. The van der Waals surface area contributed by atoms with Gasteiger partial charge >= 0.3 is 0 Å². The van der Waals surface area contributed by atoms with Gasteiger partial charge in [-0.25, -0.2) is 4.79 Å². The summed E-state index contributed by atoms with van der Waals surface area (Å²) in [6, 6.07) is 23.7. The van der Waals surface area contributed by atoms with E-state index >= 15 is 0 Å². The molecule has 0 spiro atoms. The summed E-state index contributed by atoms with van der Waals surface area (Å²) >= 11 is 0. The van der Waals surface area contributed by atoms with Crippen molar-refractivity contribution < 1.29 is 4.79 Å². The largest absolute Gasteiger partial charge is 0.233 e. The molecule has 0 radical (unpaired) electrons. The van der Waals surface area contributed by atoms with Gasteiger partial charge in [0, 0.05) is 17.6 Å². The minimum absolute atomic E-state index is 0.641. The van der Waals surface area contributed by atoms with E-state index in [1.807, 2.05) is 0 Å². The van der Waals surface area contributed by atoms with E-state index in [1.165, 1.54) is 48.3 Å². The van der Waals surface area contributed by atoms with Crippen LogP contribution in [-0.4, -0.2) is 5.94 Å². The fourth-order valence-electron chi connectivity index (χ4n) is 4.66. The standard InChI is InChI=1S/C25H14O/c26-14-18-11-10-17-9-8-16-5-3-7-20-21-13-12-15-4-1-2-6-19(15)25(21)24(18)23(17)22(16)20/h1-10,12-13H,11H2. The van der Waals surface area contributed by atoms with E-state index < -0.39 is 0 Å². The third-order valence-electron chi connectivity index (χ3n) is 5.75. The average molecular weight is 330 g/mol. The van der Waals surface area contributed by atoms with Crippen LogP contribution in [0.4, 0.5) is 0 Å². The van der Waals surface area contributed by atoms with Gasteiger partial charge in [0.25, 0.3) is 0 Å². The molecule has 0 aliphatic heterocycles. The molecule has 0 atom stereocenters. The molecule has 0 heterocycles. The molecule has 0 unspecified atom stereocenters. The second kappa shape index (κ2) is 4.82. The minimum Gasteiger partial charge on any atom is -0.233 e. The highest BCUT2D eigenvalue weighted by atomic mass is 16.1. The highest BCUT2D eigenvalue weighted by molar-refractivity contribution is 6.31. The maximum Gasteiger partial charge on any atom is 0.128 e. The Morgan fingerprint density at radius 2 is 1.42 bits per heavy atom. The van der Waals surface area contributed by atoms with Crippen LogP contribution >= 0.6 is 0 Å². The molecule has 1 heteroatoms. The van der Waals surface area contributed by atoms with E-state index in [0.717, 1.165) is 11.1 Å². The first-order valence-electron chi connectivity index (χ1n) is 8.90. The zero-order valence-corrected chi connectivity index (χ0v) is 14.0. The van der Waals surface area contributed by atoms with Crippen molar-refractivity contribution in [1.82, 2.24) is 0 Å². The predicted molar refractivity (Wildman–Crippen MR) is 110 cm³/mol. The first-order valence-corrected chi connectivity index (χ1v) is 8.90. The summed E-state index contributed by atoms with van der Waals surface area (Å²) in [5, 5.41) is 10.9. The summed E-state index contributed by atoms with van der Waals surface area (Å²) in [7, 11) is 0. The second-order valence-electron chi connectivity index (χ2n) is 7.01. The maximum absolute atomic E-state index is 11.8. The zero-order valence-electron chi connectivity index (χ0n) is 14.0. The smallest absolute Gasteiger partial charge is 0.128 e. The molecule has 0 fully saturated rings. The van der Waals surface area contributed by atoms with Gasteiger partial charge in [-0.15, -0.1) is 0 Å². The predicted octanol–water partition coefficient (Wildman–Crippen LogP) is 5.42. The molecule has 1 aliphatic rings. The number of rotatable bonds is 0. The molecular weight excluding hydrogens is 316 g/mol. The minimum atomic E-state index is 0.641. The van der Waals surface area contributed by atoms with Crippen LogP contribution in [0, 0.1) is 0 Å². The van der Waals surface area contributed by atoms with Gasteiger partial charge in [0.2, 0.25) is 0 Å². The van der Waals surface area contributed by atoms with Crippen molar-refractivity contribution in [3.63, 3.8) is 0 Å². The topological polar surface area (TPSA) is 17.1 Å². The Morgan fingerprint density at radius 1 is 0.654 bits per heavy atom. The van der Waals surface area contributed by atoms with E-state index in [-0.39, 0.29) is 0 Å². The molecule has 1 nitrogen and oxygen atoms in total. The Hall–Kier alpha value is -3.41. The second-order valence-corrected chi connectivity index (χ2v) is 7.01. The number of hydrogen-bond acceptors (Lipinski definition) is 1. The third-order valence-corrected chi connectivity index (χ3v) is 5.75. The third kappa shape index (κ3) is 1.59. The van der Waals surface area contributed by atoms with Crippen LogP contribution in [0.3, 0.4) is 0 Å². The highest BCUT2D eigenvalue weighted by Gasteiger charge is 2.21. The highest BCUT2D eigenvalue weighted by Crippen LogP contribution is 2.42. The summed E-state index contributed by atoms with van der Waals surface area (Å²) in [4.78, 5) is 11.8. The summed E-state index contributed by atoms with van der Waals surface area (Å²) in [6.45, 7) is 0. The molecular formula is C25H14O. The lowest BCUT2D eigenvalue weighted by atomic mass is 9.82. The number of hydrogen-bond donors (Lipinski definition) is 0. The Balaban J connectivity index is 2.11. The average Bonchev–Trinajstić information content (AvgIpc) is 2.71. The van der Waals surface area contributed by atoms with Crippen LogP contribution in [0.2, 0.25) is 0 Å². The maximum atomic E-state index is 11.8. The Bertz CT molecular complexity index is 1500. The Morgan fingerprint density at radius 3 is 2.35 bits per heavy atom. The van der Waals surface area contributed by atoms with E-state index in [0.29, 0.717) is 6.42 Å². The lowest BCUT2D eigenvalue weighted by Crippen LogP contribution is -2.10. The molecule has 0 saturated carbocycles. The summed E-state index contributed by atoms with van der Waals surface area (Å²) in [5.74, 6) is 2.24. The van der Waals surface area contributed by atoms with Gasteiger partial charge in [-0.05, 0) is 48.3 Å². The van der Waals surface area contributed by atoms with Crippen LogP contribution in [0.1, 0.15) is 12.0 Å². The number of benzene rings is 5. The molecule has 0 aromatic heterocycles. The number of allylic oxidation sites excluding steroid dienone is 1. The number of carbonyl (C=O) groups excluding carboxylic acids is 1. The quantitative estimate of drug-likeness (QED) is 0.210. The van der Waals surface area contributed by atoms with Gasteiger partial charge in [0.05, 0.1) is 0 Å². The van der Waals surface area contributed by atoms with Gasteiger partial charge in [0.1, 0.15) is 5.94 Å². The molecule has 1 aliphatic carbocycles. The molecule has 5 aromatic carbocycles. The molecule has 0 saturated heterocycles. The SMILES string of the molecule is O=C=C1CC=c2ccc3cccc4c5ccc6ccccc6c5c1c2c34. The van der Waals surface area contributed by atoms with Gasteiger partial charge in [-0.1, -0.05) is 72.8 Å². The van der Waals surface area contributed by atoms with Crippen LogP contribution in [0.5, 0.6) is 0 Å². The van der Waals surface area contributed by atoms with E-state index in [9.17, 15) is 4.79 Å². The summed E-state index contributed by atoms with van der Waals surface area (Å²) < 4.78 is 0. The molecule has 120 valence electrons. The van der Waals surface area contributed by atoms with Crippen molar-refractivity contribution in [3.05, 3.63) is 77.5 Å². The van der Waals surface area contributed by atoms with Gasteiger partial charge in [-0.2, -0.15) is 0 Å². The van der Waals surface area contributed by atoms with Gasteiger partial charge in [-0.3, -0.25) is 0 Å². The van der Waals surface area contributed by atoms with Gasteiger partial charge < -0.3 is 0 Å². The zero-order chi connectivity index (χ0) is 17.3. The van der Waals surface area contributed by atoms with Crippen molar-refractivity contribution in [2.45, 2.75) is 6.42 Å². The summed E-state index contributed by atoms with van der Waals surface area (Å²) in [5.41, 5.74) is 1.84. The van der Waals surface area contributed by atoms with Crippen LogP contribution in [0.25, 0.3) is 54.7 Å². The van der Waals surface area contributed by atoms with E-state index in [4.69, 9.17) is 0 Å². The van der Waals surface area contributed by atoms with Crippen molar-refractivity contribution in [3.8, 4) is 0 Å². The molecule has 26 heavy (non-hydrogen) atoms. The molecule has 0 amide bonds. The van der Waals surface area contributed by atoms with E-state index in [1.54, 1.807) is 0 Å². The summed E-state index contributed by atoms with van der Waals surface area (Å²) in [6.07, 6.45) is 2.80. The fourth-order valence-corrected chi connectivity index (χ4v) is 4.66. The monoisotopic (exact) mass is 330 g/mol. The van der Waals surface area contributed by atoms with Crippen molar-refractivity contribution in [1.29, 1.82) is 0 Å². The lowest BCUT2D eigenvalue weighted by molar-refractivity contribution is 0.569. The molecule has 0 bridgehead atoms. The fraction of sp³-hybridized carbons (Fsp3) is 0.0400. The van der Waals surface area contributed by atoms with E-state index in [2.05, 4.69) is 78.7 Å². The number of fused-ring (bicyclic) bond motifs is 5. The first kappa shape index (κ1) is 13.8. The van der Waals surface area contributed by atoms with Crippen molar-refractivity contribution >= 4 is 60.7 Å². The Labute approximate surface area is 149 Å². The lowest BCUT2D eigenvalue weighted by Gasteiger charge is -2.20. The Kier molecular flexibility index (Phi) is 2.56.